The first kappa shape index (κ1) is 20.8. The van der Waals surface area contributed by atoms with E-state index in [1.165, 1.54) is 4.90 Å². The molecule has 6 nitrogen and oxygen atoms in total. The number of alkyl halides is 1. The molecule has 2 aliphatic rings. The lowest BCUT2D eigenvalue weighted by Gasteiger charge is -2.52. The minimum Gasteiger partial charge on any atom is -0.497 e. The zero-order chi connectivity index (χ0) is 21.4. The molecular formula is C23H26FNO5. The average molecular weight is 415 g/mol. The largest absolute Gasteiger partial charge is 0.497 e. The Hall–Kier alpha value is -2.48. The standard InChI is InChI=1S/C23H26FNO5/c1-22(2)29-14-19(30-22)20-23(24,15-28-13-16-7-5-4-6-8-16)21(26)25(20)17-9-11-18(27-3)12-10-17/h4-12,19-20H,13-15H2,1-3H3/t19-,20+,23-/m1/s1. The number of carbonyl (C=O) groups is 1. The van der Waals surface area contributed by atoms with Crippen molar-refractivity contribution in [3.05, 3.63) is 60.2 Å². The number of ether oxygens (including phenoxy) is 4. The molecule has 160 valence electrons. The summed E-state index contributed by atoms with van der Waals surface area (Å²) in [5, 5.41) is 0. The Labute approximate surface area is 175 Å². The maximum atomic E-state index is 16.0. The first-order valence-electron chi connectivity index (χ1n) is 9.94. The van der Waals surface area contributed by atoms with Gasteiger partial charge in [0.2, 0.25) is 5.67 Å². The quantitative estimate of drug-likeness (QED) is 0.648. The van der Waals surface area contributed by atoms with Crippen LogP contribution in [0.1, 0.15) is 19.4 Å². The van der Waals surface area contributed by atoms with E-state index >= 15 is 4.39 Å². The number of hydrogen-bond acceptors (Lipinski definition) is 5. The van der Waals surface area contributed by atoms with E-state index in [1.807, 2.05) is 30.3 Å². The van der Waals surface area contributed by atoms with Crippen LogP contribution in [0, 0.1) is 0 Å². The summed E-state index contributed by atoms with van der Waals surface area (Å²) < 4.78 is 38.3. The van der Waals surface area contributed by atoms with Gasteiger partial charge in [0.05, 0.1) is 26.9 Å². The number of β-lactam (4-membered cyclic amide) rings is 1. The van der Waals surface area contributed by atoms with Gasteiger partial charge in [-0.3, -0.25) is 9.69 Å². The summed E-state index contributed by atoms with van der Waals surface area (Å²) in [5.74, 6) is -0.817. The second-order valence-electron chi connectivity index (χ2n) is 8.03. The van der Waals surface area contributed by atoms with Gasteiger partial charge < -0.3 is 18.9 Å². The van der Waals surface area contributed by atoms with Crippen molar-refractivity contribution in [2.45, 2.75) is 44.1 Å². The van der Waals surface area contributed by atoms with Crippen LogP contribution in [0.2, 0.25) is 0 Å². The smallest absolute Gasteiger partial charge is 0.269 e. The van der Waals surface area contributed by atoms with Gasteiger partial charge in [0, 0.05) is 5.69 Å². The van der Waals surface area contributed by atoms with E-state index in [9.17, 15) is 4.79 Å². The molecule has 2 fully saturated rings. The Morgan fingerprint density at radius 2 is 1.83 bits per heavy atom. The molecule has 2 aliphatic heterocycles. The van der Waals surface area contributed by atoms with Gasteiger partial charge in [0.15, 0.2) is 5.79 Å². The lowest BCUT2D eigenvalue weighted by molar-refractivity contribution is -0.170. The first-order valence-corrected chi connectivity index (χ1v) is 9.94. The molecule has 0 bridgehead atoms. The van der Waals surface area contributed by atoms with Crippen LogP contribution in [-0.2, 0) is 25.6 Å². The monoisotopic (exact) mass is 415 g/mol. The molecular weight excluding hydrogens is 389 g/mol. The van der Waals surface area contributed by atoms with Crippen LogP contribution in [0.15, 0.2) is 54.6 Å². The minimum atomic E-state index is -2.19. The van der Waals surface area contributed by atoms with E-state index in [1.54, 1.807) is 45.2 Å². The van der Waals surface area contributed by atoms with Crippen LogP contribution in [0.4, 0.5) is 10.1 Å². The topological polar surface area (TPSA) is 57.2 Å². The molecule has 0 aromatic heterocycles. The molecule has 3 atom stereocenters. The van der Waals surface area contributed by atoms with Gasteiger partial charge >= 0.3 is 0 Å². The average Bonchev–Trinajstić information content (AvgIpc) is 3.11. The molecule has 7 heteroatoms. The second kappa shape index (κ2) is 7.98. The van der Waals surface area contributed by atoms with Crippen molar-refractivity contribution < 1.29 is 28.1 Å². The lowest BCUT2D eigenvalue weighted by atomic mass is 9.80. The second-order valence-corrected chi connectivity index (χ2v) is 8.03. The molecule has 2 saturated heterocycles. The Kier molecular flexibility index (Phi) is 5.53. The van der Waals surface area contributed by atoms with E-state index in [2.05, 4.69) is 0 Å². The summed E-state index contributed by atoms with van der Waals surface area (Å²) >= 11 is 0. The van der Waals surface area contributed by atoms with Gasteiger partial charge in [0.25, 0.3) is 5.91 Å². The number of benzene rings is 2. The van der Waals surface area contributed by atoms with Crippen molar-refractivity contribution in [3.8, 4) is 5.75 Å². The van der Waals surface area contributed by atoms with E-state index < -0.39 is 29.5 Å². The van der Waals surface area contributed by atoms with Crippen LogP contribution in [0.3, 0.4) is 0 Å². The summed E-state index contributed by atoms with van der Waals surface area (Å²) in [5.41, 5.74) is -0.697. The molecule has 2 aromatic carbocycles. The van der Waals surface area contributed by atoms with Crippen LogP contribution >= 0.6 is 0 Å². The number of methoxy groups -OCH3 is 1. The van der Waals surface area contributed by atoms with E-state index in [-0.39, 0.29) is 19.8 Å². The Balaban J connectivity index is 1.54. The number of carbonyl (C=O) groups excluding carboxylic acids is 1. The minimum absolute atomic E-state index is 0.196. The van der Waals surface area contributed by atoms with Crippen LogP contribution in [0.25, 0.3) is 0 Å². The van der Waals surface area contributed by atoms with Crippen molar-refractivity contribution in [1.29, 1.82) is 0 Å². The number of hydrogen-bond donors (Lipinski definition) is 0. The zero-order valence-corrected chi connectivity index (χ0v) is 17.3. The summed E-state index contributed by atoms with van der Waals surface area (Å²) in [6.45, 7) is 3.62. The molecule has 0 spiro atoms. The van der Waals surface area contributed by atoms with Crippen molar-refractivity contribution in [1.82, 2.24) is 0 Å². The third-order valence-electron chi connectivity index (χ3n) is 5.48. The first-order chi connectivity index (χ1) is 14.3. The fourth-order valence-corrected chi connectivity index (χ4v) is 3.98. The molecule has 0 N–H and O–H groups in total. The van der Waals surface area contributed by atoms with Gasteiger partial charge in [0.1, 0.15) is 17.9 Å². The van der Waals surface area contributed by atoms with Gasteiger partial charge in [-0.25, -0.2) is 4.39 Å². The Morgan fingerprint density at radius 1 is 1.13 bits per heavy atom. The normalized spacial score (nSPS) is 27.7. The van der Waals surface area contributed by atoms with E-state index in [0.717, 1.165) is 5.56 Å². The molecule has 2 heterocycles. The number of anilines is 1. The van der Waals surface area contributed by atoms with Gasteiger partial charge in [-0.15, -0.1) is 0 Å². The third kappa shape index (κ3) is 3.80. The molecule has 0 saturated carbocycles. The highest BCUT2D eigenvalue weighted by Gasteiger charge is 2.67. The van der Waals surface area contributed by atoms with Crippen molar-refractivity contribution in [2.75, 3.05) is 25.2 Å². The Morgan fingerprint density at radius 3 is 2.43 bits per heavy atom. The molecule has 0 unspecified atom stereocenters. The van der Waals surface area contributed by atoms with Crippen molar-refractivity contribution in [3.63, 3.8) is 0 Å². The summed E-state index contributed by atoms with van der Waals surface area (Å²) in [6, 6.07) is 15.5. The number of nitrogens with zero attached hydrogens (tertiary/aromatic N) is 1. The van der Waals surface area contributed by atoms with Gasteiger partial charge in [-0.2, -0.15) is 0 Å². The Bertz CT molecular complexity index is 888. The van der Waals surface area contributed by atoms with E-state index in [4.69, 9.17) is 18.9 Å². The highest BCUT2D eigenvalue weighted by Crippen LogP contribution is 2.44. The maximum absolute atomic E-state index is 16.0. The zero-order valence-electron chi connectivity index (χ0n) is 17.3. The number of halogens is 1. The van der Waals surface area contributed by atoms with Crippen LogP contribution in [-0.4, -0.2) is 49.8 Å². The number of amides is 1. The fraction of sp³-hybridized carbons (Fsp3) is 0.435. The highest BCUT2D eigenvalue weighted by atomic mass is 19.1. The predicted molar refractivity (Wildman–Crippen MR) is 109 cm³/mol. The van der Waals surface area contributed by atoms with Crippen molar-refractivity contribution >= 4 is 11.6 Å². The number of rotatable bonds is 7. The molecule has 0 aliphatic carbocycles. The molecule has 1 amide bonds. The summed E-state index contributed by atoms with van der Waals surface area (Å²) in [6.07, 6.45) is -0.606. The molecule has 2 aromatic rings. The fourth-order valence-electron chi connectivity index (χ4n) is 3.98. The summed E-state index contributed by atoms with van der Waals surface area (Å²) in [4.78, 5) is 14.4. The van der Waals surface area contributed by atoms with E-state index in [0.29, 0.717) is 11.4 Å². The molecule has 4 rings (SSSR count). The predicted octanol–water partition coefficient (Wildman–Crippen LogP) is 3.49. The summed E-state index contributed by atoms with van der Waals surface area (Å²) in [7, 11) is 1.56. The van der Waals surface area contributed by atoms with Crippen molar-refractivity contribution in [2.24, 2.45) is 0 Å². The third-order valence-corrected chi connectivity index (χ3v) is 5.48. The SMILES string of the molecule is COc1ccc(N2C(=O)[C@@](F)(COCc3ccccc3)[C@@H]2[C@H]2COC(C)(C)O2)cc1. The molecule has 30 heavy (non-hydrogen) atoms. The van der Waals surface area contributed by atoms with Gasteiger partial charge in [-0.05, 0) is 43.7 Å². The van der Waals surface area contributed by atoms with Crippen LogP contribution < -0.4 is 9.64 Å². The maximum Gasteiger partial charge on any atom is 0.269 e. The van der Waals surface area contributed by atoms with Gasteiger partial charge in [-0.1, -0.05) is 30.3 Å². The highest BCUT2D eigenvalue weighted by molar-refractivity contribution is 6.08. The lowest BCUT2D eigenvalue weighted by Crippen LogP contribution is -2.77. The van der Waals surface area contributed by atoms with Crippen LogP contribution in [0.5, 0.6) is 5.75 Å². The molecule has 0 radical (unpaired) electrons.